The molecule has 2 amide bonds. The maximum atomic E-state index is 14.5. The Hall–Kier alpha value is -2.76. The van der Waals surface area contributed by atoms with E-state index in [-0.39, 0.29) is 36.8 Å². The van der Waals surface area contributed by atoms with Crippen LogP contribution in [0.3, 0.4) is 0 Å². The fourth-order valence-corrected chi connectivity index (χ4v) is 3.68. The van der Waals surface area contributed by atoms with Gasteiger partial charge in [-0.25, -0.2) is 17.6 Å². The minimum atomic E-state index is -3.28. The van der Waals surface area contributed by atoms with E-state index in [1.807, 2.05) is 5.32 Å². The van der Waals surface area contributed by atoms with Crippen molar-refractivity contribution in [2.24, 2.45) is 0 Å². The zero-order valence-corrected chi connectivity index (χ0v) is 15.2. The van der Waals surface area contributed by atoms with Gasteiger partial charge < -0.3 is 15.0 Å². The molecule has 0 radical (unpaired) electrons. The Morgan fingerprint density at radius 2 is 2.11 bits per heavy atom. The van der Waals surface area contributed by atoms with Gasteiger partial charge in [-0.3, -0.25) is 9.69 Å². The van der Waals surface area contributed by atoms with Crippen LogP contribution in [0.2, 0.25) is 0 Å². The molecule has 1 aromatic carbocycles. The number of benzene rings is 1. The van der Waals surface area contributed by atoms with Gasteiger partial charge in [0.2, 0.25) is 0 Å². The van der Waals surface area contributed by atoms with Gasteiger partial charge in [0.25, 0.3) is 5.91 Å². The van der Waals surface area contributed by atoms with Crippen molar-refractivity contribution < 1.29 is 35.9 Å². The Morgan fingerprint density at radius 3 is 2.71 bits per heavy atom. The molecule has 2 aliphatic rings. The lowest BCUT2D eigenvalue weighted by atomic mass is 10.2. The number of hydrogen-bond donors (Lipinski definition) is 1. The van der Waals surface area contributed by atoms with Crippen molar-refractivity contribution in [2.75, 3.05) is 35.2 Å². The predicted octanol–water partition coefficient (Wildman–Crippen LogP) is 1.24. The second-order valence-electron chi connectivity index (χ2n) is 6.14. The van der Waals surface area contributed by atoms with Gasteiger partial charge in [-0.05, 0) is 18.2 Å². The molecule has 1 saturated heterocycles. The van der Waals surface area contributed by atoms with E-state index >= 15 is 0 Å². The van der Waals surface area contributed by atoms with E-state index < -0.39 is 40.2 Å². The number of nitrogens with one attached hydrogen (secondary N) is 1. The molecule has 0 aromatic heterocycles. The predicted molar refractivity (Wildman–Crippen MR) is 93.3 cm³/mol. The first-order valence-electron chi connectivity index (χ1n) is 8.17. The molecule has 1 fully saturated rings. The average Bonchev–Trinajstić information content (AvgIpc) is 3.00. The summed E-state index contributed by atoms with van der Waals surface area (Å²) in [5.74, 6) is -2.29. The van der Waals surface area contributed by atoms with Gasteiger partial charge in [0, 0.05) is 18.2 Å². The summed E-state index contributed by atoms with van der Waals surface area (Å²) in [4.78, 5) is 25.4. The smallest absolute Gasteiger partial charge is 0.414 e. The molecule has 1 atom stereocenters. The first-order valence-corrected chi connectivity index (χ1v) is 9.89. The standard InChI is InChI=1S/C16H16F3N3O5S/c17-12-7-10(1-2-13(12)21-3-5-28(25,26)6-4-21)22-9-11(27-16(22)24)8-20-15(23)14(18)19/h1-3,5,7,11,14H,4,6,8-9H2,(H,20,23)/t11-/m0/s1. The number of carbonyl (C=O) groups is 2. The molecule has 12 heteroatoms. The maximum Gasteiger partial charge on any atom is 0.414 e. The highest BCUT2D eigenvalue weighted by Crippen LogP contribution is 2.29. The van der Waals surface area contributed by atoms with Crippen LogP contribution in [-0.2, 0) is 19.4 Å². The van der Waals surface area contributed by atoms with Crippen LogP contribution in [0.25, 0.3) is 0 Å². The van der Waals surface area contributed by atoms with E-state index in [2.05, 4.69) is 0 Å². The third-order valence-corrected chi connectivity index (χ3v) is 5.48. The zero-order chi connectivity index (χ0) is 20.5. The summed E-state index contributed by atoms with van der Waals surface area (Å²) in [5.41, 5.74) is 0.325. The number of amides is 2. The number of anilines is 2. The minimum Gasteiger partial charge on any atom is -0.442 e. The third-order valence-electron chi connectivity index (χ3n) is 4.19. The van der Waals surface area contributed by atoms with Crippen LogP contribution in [0.4, 0.5) is 29.3 Å². The maximum absolute atomic E-state index is 14.5. The summed E-state index contributed by atoms with van der Waals surface area (Å²) in [6, 6.07) is 3.94. The molecule has 0 saturated carbocycles. The van der Waals surface area contributed by atoms with Crippen LogP contribution < -0.4 is 15.1 Å². The molecule has 8 nitrogen and oxygen atoms in total. The molecule has 1 N–H and O–H groups in total. The fraction of sp³-hybridized carbons (Fsp3) is 0.375. The monoisotopic (exact) mass is 419 g/mol. The van der Waals surface area contributed by atoms with E-state index in [0.717, 1.165) is 16.4 Å². The molecule has 0 aliphatic carbocycles. The molecular formula is C16H16F3N3O5S. The van der Waals surface area contributed by atoms with Crippen LogP contribution in [0, 0.1) is 5.82 Å². The average molecular weight is 419 g/mol. The highest BCUT2D eigenvalue weighted by Gasteiger charge is 2.33. The normalized spacial score (nSPS) is 21.1. The topological polar surface area (TPSA) is 96.0 Å². The Balaban J connectivity index is 1.68. The molecule has 2 heterocycles. The summed E-state index contributed by atoms with van der Waals surface area (Å²) in [5, 5.41) is 2.96. The quantitative estimate of drug-likeness (QED) is 0.772. The molecule has 28 heavy (non-hydrogen) atoms. The van der Waals surface area contributed by atoms with Crippen LogP contribution in [0.15, 0.2) is 29.8 Å². The summed E-state index contributed by atoms with van der Waals surface area (Å²) >= 11 is 0. The lowest BCUT2D eigenvalue weighted by Gasteiger charge is -2.24. The summed E-state index contributed by atoms with van der Waals surface area (Å²) in [7, 11) is -3.28. The summed E-state index contributed by atoms with van der Waals surface area (Å²) < 4.78 is 66.7. The van der Waals surface area contributed by atoms with Crippen molar-refractivity contribution in [3.63, 3.8) is 0 Å². The zero-order valence-electron chi connectivity index (χ0n) is 14.3. The molecule has 1 aromatic rings. The van der Waals surface area contributed by atoms with Crippen molar-refractivity contribution in [1.29, 1.82) is 0 Å². The van der Waals surface area contributed by atoms with E-state index in [1.165, 1.54) is 23.2 Å². The highest BCUT2D eigenvalue weighted by atomic mass is 32.2. The van der Waals surface area contributed by atoms with E-state index in [0.29, 0.717) is 0 Å². The van der Waals surface area contributed by atoms with Gasteiger partial charge in [-0.1, -0.05) is 0 Å². The Kier molecular flexibility index (Phi) is 5.49. The van der Waals surface area contributed by atoms with Gasteiger partial charge in [-0.2, -0.15) is 8.78 Å². The van der Waals surface area contributed by atoms with Gasteiger partial charge in [0.15, 0.2) is 9.84 Å². The Bertz CT molecular complexity index is 922. The number of rotatable bonds is 5. The molecular weight excluding hydrogens is 403 g/mol. The van der Waals surface area contributed by atoms with Crippen molar-refractivity contribution >= 4 is 33.2 Å². The number of hydrogen-bond acceptors (Lipinski definition) is 6. The number of alkyl halides is 2. The van der Waals surface area contributed by atoms with Crippen LogP contribution >= 0.6 is 0 Å². The molecule has 152 valence electrons. The molecule has 0 bridgehead atoms. The fourth-order valence-electron chi connectivity index (χ4n) is 2.76. The molecule has 0 unspecified atom stereocenters. The van der Waals surface area contributed by atoms with E-state index in [9.17, 15) is 31.2 Å². The second kappa shape index (κ2) is 7.70. The first-order chi connectivity index (χ1) is 13.2. The van der Waals surface area contributed by atoms with Gasteiger partial charge in [0.05, 0.1) is 30.2 Å². The van der Waals surface area contributed by atoms with Gasteiger partial charge in [0.1, 0.15) is 11.9 Å². The van der Waals surface area contributed by atoms with Crippen molar-refractivity contribution in [2.45, 2.75) is 12.5 Å². The first kappa shape index (κ1) is 20.0. The van der Waals surface area contributed by atoms with Gasteiger partial charge in [-0.15, -0.1) is 0 Å². The third kappa shape index (κ3) is 4.38. The largest absolute Gasteiger partial charge is 0.442 e. The SMILES string of the molecule is O=C(NC[C@H]1CN(c2ccc(N3C=CS(=O)(=O)CC3)c(F)c2)C(=O)O1)C(F)F. The van der Waals surface area contributed by atoms with E-state index in [1.54, 1.807) is 0 Å². The van der Waals surface area contributed by atoms with Crippen molar-refractivity contribution in [3.05, 3.63) is 35.6 Å². The number of cyclic esters (lactones) is 1. The summed E-state index contributed by atoms with van der Waals surface area (Å²) in [6.45, 7) is -0.255. The van der Waals surface area contributed by atoms with Crippen LogP contribution in [0.5, 0.6) is 0 Å². The van der Waals surface area contributed by atoms with Crippen LogP contribution in [0.1, 0.15) is 0 Å². The number of halogens is 3. The lowest BCUT2D eigenvalue weighted by Crippen LogP contribution is -2.37. The Morgan fingerprint density at radius 1 is 1.36 bits per heavy atom. The number of carbonyl (C=O) groups excluding carboxylic acids is 2. The molecule has 2 aliphatic heterocycles. The van der Waals surface area contributed by atoms with Gasteiger partial charge >= 0.3 is 12.5 Å². The lowest BCUT2D eigenvalue weighted by molar-refractivity contribution is -0.132. The number of ether oxygens (including phenoxy) is 1. The number of nitrogens with zero attached hydrogens (tertiary/aromatic N) is 2. The molecule has 3 rings (SSSR count). The summed E-state index contributed by atoms with van der Waals surface area (Å²) in [6.07, 6.45) is -3.56. The van der Waals surface area contributed by atoms with Crippen molar-refractivity contribution in [3.8, 4) is 0 Å². The highest BCUT2D eigenvalue weighted by molar-refractivity contribution is 7.94. The number of sulfone groups is 1. The minimum absolute atomic E-state index is 0.0526. The second-order valence-corrected chi connectivity index (χ2v) is 8.15. The van der Waals surface area contributed by atoms with Crippen LogP contribution in [-0.4, -0.2) is 58.3 Å². The van der Waals surface area contributed by atoms with Crippen molar-refractivity contribution in [1.82, 2.24) is 5.32 Å². The Labute approximate surface area is 158 Å². The van der Waals surface area contributed by atoms with E-state index in [4.69, 9.17) is 4.74 Å². The molecule has 0 spiro atoms.